The second-order valence-electron chi connectivity index (χ2n) is 37.0. The van der Waals surface area contributed by atoms with E-state index in [9.17, 15) is 0 Å². The highest BCUT2D eigenvalue weighted by molar-refractivity contribution is 6.37. The molecule has 658 valence electrons. The minimum atomic E-state index is 0.624. The maximum Gasteiger partial charge on any atom is 0.164 e. The topological polar surface area (TPSA) is 105 Å². The van der Waals surface area contributed by atoms with Crippen LogP contribution in [0.1, 0.15) is 0 Å². The lowest BCUT2D eigenvalue weighted by Crippen LogP contribution is -2.00. The number of benzene rings is 22. The highest BCUT2D eigenvalue weighted by atomic mass is 15.1. The Morgan fingerprint density at radius 1 is 0.155 bits per heavy atom. The highest BCUT2D eigenvalue weighted by Crippen LogP contribution is 2.52. The Hall–Kier alpha value is -19.3. The van der Waals surface area contributed by atoms with E-state index in [4.69, 9.17) is 29.9 Å². The summed E-state index contributed by atoms with van der Waals surface area (Å²) >= 11 is 0. The molecule has 10 aromatic heterocycles. The third-order valence-electron chi connectivity index (χ3n) is 29.4. The Morgan fingerprint density at radius 2 is 0.514 bits per heavy atom. The fourth-order valence-electron chi connectivity index (χ4n) is 23.3. The van der Waals surface area contributed by atoms with E-state index in [0.29, 0.717) is 17.5 Å². The maximum atomic E-state index is 5.50. The zero-order valence-electron chi connectivity index (χ0n) is 76.4. The Balaban J connectivity index is 0.000000103. The molecule has 0 saturated carbocycles. The first-order valence-corrected chi connectivity index (χ1v) is 48.3. The summed E-state index contributed by atoms with van der Waals surface area (Å²) in [5, 5.41) is 24.3. The van der Waals surface area contributed by atoms with Crippen LogP contribution < -0.4 is 0 Å². The van der Waals surface area contributed by atoms with E-state index >= 15 is 0 Å². The number of imidazole rings is 3. The lowest BCUT2D eigenvalue weighted by atomic mass is 10.0. The van der Waals surface area contributed by atoms with Gasteiger partial charge in [0.25, 0.3) is 0 Å². The summed E-state index contributed by atoms with van der Waals surface area (Å²) in [4.78, 5) is 31.4. The summed E-state index contributed by atoms with van der Waals surface area (Å²) in [5.41, 5.74) is 29.0. The summed E-state index contributed by atoms with van der Waals surface area (Å²) in [6.07, 6.45) is 0. The number of hydrogen-bond donors (Lipinski definition) is 0. The quantitative estimate of drug-likeness (QED) is 0.135. The molecule has 0 atom stereocenters. The lowest BCUT2D eigenvalue weighted by Gasteiger charge is -2.13. The number of fused-ring (bicyclic) bond motifs is 15. The van der Waals surface area contributed by atoms with Gasteiger partial charge in [0.1, 0.15) is 17.5 Å². The van der Waals surface area contributed by atoms with Crippen molar-refractivity contribution in [1.82, 2.24) is 56.8 Å². The minimum absolute atomic E-state index is 0.624. The Bertz CT molecular complexity index is 10800. The predicted molar refractivity (Wildman–Crippen MR) is 589 cm³/mol. The molecular formula is C130H78N12. The van der Waals surface area contributed by atoms with Crippen LogP contribution >= 0.6 is 0 Å². The Labute approximate surface area is 811 Å². The maximum absolute atomic E-state index is 5.50. The average Bonchev–Trinajstić information content (AvgIpc) is 1.53. The molecule has 0 aliphatic heterocycles. The molecule has 12 heteroatoms. The van der Waals surface area contributed by atoms with Crippen LogP contribution in [0.5, 0.6) is 0 Å². The number of aromatic nitrogens is 12. The van der Waals surface area contributed by atoms with E-state index in [1.807, 2.05) is 30.3 Å². The lowest BCUT2D eigenvalue weighted by molar-refractivity contribution is 1.07. The molecule has 0 N–H and O–H groups in total. The SMILES string of the molecule is c1ccc(-c2cccc(-n3c4cccc5c6ccccc6n6c(-c7cccc8ccccc78)nc7ccc3c(c54)c76)c2)cc1.c1ccc(-c2nc(-c3ccc(-n4c5cccc6c7ccccc7n7c(-c8ccccc8)nc8c9ccccc9c4c(c65)c87)cc3)nc(-c3ccc4ccccc4c3)n2)cc1.c1ccc(-n2c3cccc4c5ccccc5n5c(-c6cccc7ccccc67)nc6ccc2c(c43)c65)cc1. The first-order chi connectivity index (χ1) is 70.5. The summed E-state index contributed by atoms with van der Waals surface area (Å²) in [7, 11) is 0. The molecule has 0 unspecified atom stereocenters. The van der Waals surface area contributed by atoms with Gasteiger partial charge in [-0.2, -0.15) is 0 Å². The number of para-hydroxylation sites is 4. The first-order valence-electron chi connectivity index (χ1n) is 48.3. The zero-order valence-corrected chi connectivity index (χ0v) is 76.4. The smallest absolute Gasteiger partial charge is 0.164 e. The van der Waals surface area contributed by atoms with Gasteiger partial charge in [-0.3, -0.25) is 13.2 Å². The number of hydrogen-bond acceptors (Lipinski definition) is 6. The number of nitrogens with zero attached hydrogens (tertiary/aromatic N) is 12. The molecule has 32 aromatic rings. The molecule has 0 radical (unpaired) electrons. The molecule has 22 aromatic carbocycles. The molecule has 142 heavy (non-hydrogen) atoms. The van der Waals surface area contributed by atoms with Crippen molar-refractivity contribution in [2.24, 2.45) is 0 Å². The van der Waals surface area contributed by atoms with Gasteiger partial charge >= 0.3 is 0 Å². The largest absolute Gasteiger partial charge is 0.309 e. The van der Waals surface area contributed by atoms with Gasteiger partial charge in [0.2, 0.25) is 0 Å². The van der Waals surface area contributed by atoms with E-state index in [-0.39, 0.29) is 0 Å². The molecule has 0 fully saturated rings. The van der Waals surface area contributed by atoms with Crippen LogP contribution in [0.25, 0.3) is 287 Å². The fraction of sp³-hybridized carbons (Fsp3) is 0. The van der Waals surface area contributed by atoms with Gasteiger partial charge < -0.3 is 13.7 Å². The average molecular weight is 1810 g/mol. The molecule has 0 spiro atoms. The van der Waals surface area contributed by atoms with Gasteiger partial charge in [-0.1, -0.05) is 358 Å². The highest BCUT2D eigenvalue weighted by Gasteiger charge is 2.31. The number of rotatable bonds is 10. The molecule has 0 saturated heterocycles. The van der Waals surface area contributed by atoms with Gasteiger partial charge in [-0.25, -0.2) is 29.9 Å². The predicted octanol–water partition coefficient (Wildman–Crippen LogP) is 33.0. The third-order valence-corrected chi connectivity index (χ3v) is 29.4. The third kappa shape index (κ3) is 11.8. The Kier molecular flexibility index (Phi) is 17.3. The van der Waals surface area contributed by atoms with Crippen LogP contribution in [0.4, 0.5) is 0 Å². The van der Waals surface area contributed by atoms with Crippen molar-refractivity contribution >= 4 is 190 Å². The van der Waals surface area contributed by atoms with E-state index in [2.05, 4.69) is 470 Å². The van der Waals surface area contributed by atoms with Crippen molar-refractivity contribution in [2.75, 3.05) is 0 Å². The molecule has 10 heterocycles. The van der Waals surface area contributed by atoms with E-state index in [0.717, 1.165) is 128 Å². The summed E-state index contributed by atoms with van der Waals surface area (Å²) in [6, 6.07) is 169. The monoisotopic (exact) mass is 1810 g/mol. The summed E-state index contributed by atoms with van der Waals surface area (Å²) in [6.45, 7) is 0. The van der Waals surface area contributed by atoms with Crippen LogP contribution in [0.2, 0.25) is 0 Å². The van der Waals surface area contributed by atoms with Crippen molar-refractivity contribution in [1.29, 1.82) is 0 Å². The van der Waals surface area contributed by atoms with Gasteiger partial charge in [0.05, 0.1) is 82.8 Å². The molecule has 12 nitrogen and oxygen atoms in total. The first kappa shape index (κ1) is 79.0. The van der Waals surface area contributed by atoms with Crippen molar-refractivity contribution in [3.63, 3.8) is 0 Å². The van der Waals surface area contributed by atoms with Crippen molar-refractivity contribution in [3.8, 4) is 96.5 Å². The van der Waals surface area contributed by atoms with Gasteiger partial charge in [-0.05, 0) is 175 Å². The molecular weight excluding hydrogens is 1730 g/mol. The van der Waals surface area contributed by atoms with Crippen molar-refractivity contribution < 1.29 is 0 Å². The Morgan fingerprint density at radius 3 is 1.06 bits per heavy atom. The van der Waals surface area contributed by atoms with Gasteiger partial charge in [0, 0.05) is 110 Å². The van der Waals surface area contributed by atoms with Crippen LogP contribution in [0.3, 0.4) is 0 Å². The minimum Gasteiger partial charge on any atom is -0.309 e. The van der Waals surface area contributed by atoms with Crippen molar-refractivity contribution in [3.05, 3.63) is 473 Å². The summed E-state index contributed by atoms with van der Waals surface area (Å²) in [5.74, 6) is 4.78. The fourth-order valence-corrected chi connectivity index (χ4v) is 23.3. The zero-order chi connectivity index (χ0) is 92.9. The van der Waals surface area contributed by atoms with Crippen LogP contribution in [0.15, 0.2) is 473 Å². The normalized spacial score (nSPS) is 12.1. The van der Waals surface area contributed by atoms with Crippen LogP contribution in [0, 0.1) is 0 Å². The molecule has 0 amide bonds. The van der Waals surface area contributed by atoms with E-state index < -0.39 is 0 Å². The molecule has 0 bridgehead atoms. The van der Waals surface area contributed by atoms with Crippen LogP contribution in [-0.4, -0.2) is 56.8 Å². The second kappa shape index (κ2) is 31.1. The second-order valence-corrected chi connectivity index (χ2v) is 37.0. The van der Waals surface area contributed by atoms with Crippen LogP contribution in [-0.2, 0) is 0 Å². The molecule has 0 aliphatic carbocycles. The molecule has 0 aliphatic rings. The standard InChI is InChI=1S/C54H32N6.C41H25N3.C35H21N3/c1-3-15-34(16-4-1)51-56-52(58-53(57-51)38-27-26-33-14-7-8-19-37(33)32-38)35-28-30-39(31-29-35)59-45-25-13-23-41-40-20-11-12-24-44(40)60-50-47(46(41)45)49(59)43-22-10-9-21-42(43)48(50)55-54(60)36-17-5-2-6-18-36;1-2-11-26(12-3-1)28-15-8-16-29(25-28)43-36-22-10-19-32-31-18-6-7-21-35(31)44-40-34(23-24-37(43)39(40)38(32)36)42-41(44)33-20-9-14-27-13-4-5-17-30(27)33;1-2-12-23(13-3-1)37-30-19-9-16-26-25-15-6-7-18-29(25)38-34-28(20-21-31(37)33(34)32(26)30)36-35(38)27-17-8-11-22-10-4-5-14-24(22)27/h1-32H;1-25H;1-21H. The van der Waals surface area contributed by atoms with Gasteiger partial charge in [0.15, 0.2) is 17.5 Å². The van der Waals surface area contributed by atoms with Crippen molar-refractivity contribution in [2.45, 2.75) is 0 Å². The summed E-state index contributed by atoms with van der Waals surface area (Å²) < 4.78 is 14.5. The molecule has 32 rings (SSSR count). The van der Waals surface area contributed by atoms with Gasteiger partial charge in [-0.15, -0.1) is 0 Å². The van der Waals surface area contributed by atoms with E-state index in [1.165, 1.54) is 141 Å². The van der Waals surface area contributed by atoms with E-state index in [1.54, 1.807) is 0 Å².